The Labute approximate surface area is 92.1 Å². The fourth-order valence-electron chi connectivity index (χ4n) is 0.945. The molecule has 0 fully saturated rings. The monoisotopic (exact) mass is 235 g/mol. The summed E-state index contributed by atoms with van der Waals surface area (Å²) in [6.07, 6.45) is 1.58. The molecule has 13 heavy (non-hydrogen) atoms. The van der Waals surface area contributed by atoms with E-state index < -0.39 is 0 Å². The molecule has 0 saturated heterocycles. The Kier molecular flexibility index (Phi) is 3.63. The minimum atomic E-state index is -0.344. The molecule has 0 heterocycles. The van der Waals surface area contributed by atoms with Gasteiger partial charge in [-0.2, -0.15) is 0 Å². The lowest BCUT2D eigenvalue weighted by Crippen LogP contribution is -2.07. The maximum Gasteiger partial charge on any atom is 0.0644 e. The molecule has 0 aromatic heterocycles. The fraction of sp³-hybridized carbons (Fsp3) is 0.111. The van der Waals surface area contributed by atoms with Gasteiger partial charge < -0.3 is 5.73 Å². The van der Waals surface area contributed by atoms with Crippen LogP contribution in [0.4, 0.5) is 0 Å². The molecule has 70 valence electrons. The zero-order chi connectivity index (χ0) is 10.0. The predicted molar refractivity (Wildman–Crippen MR) is 58.6 cm³/mol. The highest BCUT2D eigenvalue weighted by Crippen LogP contribution is 2.32. The van der Waals surface area contributed by atoms with Crippen LogP contribution in [0, 0.1) is 0 Å². The summed E-state index contributed by atoms with van der Waals surface area (Å²) in [5.74, 6) is 0. The van der Waals surface area contributed by atoms with Crippen molar-refractivity contribution in [3.63, 3.8) is 0 Å². The lowest BCUT2D eigenvalue weighted by molar-refractivity contribution is 0.915. The summed E-state index contributed by atoms with van der Waals surface area (Å²) in [5, 5.41) is 1.35. The first-order valence-corrected chi connectivity index (χ1v) is 4.72. The molecule has 0 spiro atoms. The van der Waals surface area contributed by atoms with Crippen LogP contribution in [-0.2, 0) is 0 Å². The van der Waals surface area contributed by atoms with Crippen molar-refractivity contribution >= 4 is 34.8 Å². The number of nitrogens with two attached hydrogens (primary N) is 1. The van der Waals surface area contributed by atoms with Gasteiger partial charge in [-0.1, -0.05) is 40.9 Å². The first-order valence-electron chi connectivity index (χ1n) is 3.59. The molecule has 0 aliphatic rings. The third kappa shape index (κ3) is 2.38. The summed E-state index contributed by atoms with van der Waals surface area (Å²) in [6.45, 7) is 3.57. The van der Waals surface area contributed by atoms with E-state index in [-0.39, 0.29) is 6.04 Å². The van der Waals surface area contributed by atoms with E-state index in [0.717, 1.165) is 0 Å². The topological polar surface area (TPSA) is 26.0 Å². The Bertz CT molecular complexity index is 336. The van der Waals surface area contributed by atoms with Crippen molar-refractivity contribution in [2.75, 3.05) is 0 Å². The van der Waals surface area contributed by atoms with E-state index in [0.29, 0.717) is 20.6 Å². The first-order chi connectivity index (χ1) is 6.06. The minimum absolute atomic E-state index is 0.344. The van der Waals surface area contributed by atoms with Crippen molar-refractivity contribution in [3.05, 3.63) is 45.4 Å². The first kappa shape index (κ1) is 10.9. The maximum atomic E-state index is 5.92. The van der Waals surface area contributed by atoms with Crippen molar-refractivity contribution < 1.29 is 0 Å². The zero-order valence-corrected chi connectivity index (χ0v) is 9.00. The lowest BCUT2D eigenvalue weighted by Gasteiger charge is -2.10. The molecule has 4 heteroatoms. The van der Waals surface area contributed by atoms with Crippen molar-refractivity contribution in [1.29, 1.82) is 0 Å². The largest absolute Gasteiger partial charge is 0.321 e. The predicted octanol–water partition coefficient (Wildman–Crippen LogP) is 3.83. The normalized spacial score (nSPS) is 12.6. The van der Waals surface area contributed by atoms with Crippen LogP contribution in [0.25, 0.3) is 0 Å². The third-order valence-corrected chi connectivity index (χ3v) is 2.67. The molecular weight excluding hydrogens is 228 g/mol. The van der Waals surface area contributed by atoms with Crippen LogP contribution in [-0.4, -0.2) is 0 Å². The number of hydrogen-bond donors (Lipinski definition) is 1. The molecule has 0 aliphatic heterocycles. The molecule has 2 N–H and O–H groups in total. The van der Waals surface area contributed by atoms with E-state index in [4.69, 9.17) is 40.5 Å². The Morgan fingerprint density at radius 3 is 2.46 bits per heavy atom. The van der Waals surface area contributed by atoms with Gasteiger partial charge in [-0.05, 0) is 17.7 Å². The minimum Gasteiger partial charge on any atom is -0.321 e. The zero-order valence-electron chi connectivity index (χ0n) is 6.73. The van der Waals surface area contributed by atoms with E-state index in [9.17, 15) is 0 Å². The molecule has 0 unspecified atom stereocenters. The Hall–Kier alpha value is -0.210. The number of halogens is 3. The van der Waals surface area contributed by atoms with Gasteiger partial charge >= 0.3 is 0 Å². The summed E-state index contributed by atoms with van der Waals surface area (Å²) < 4.78 is 0. The van der Waals surface area contributed by atoms with E-state index >= 15 is 0 Å². The van der Waals surface area contributed by atoms with E-state index in [1.807, 2.05) is 0 Å². The van der Waals surface area contributed by atoms with Crippen molar-refractivity contribution in [3.8, 4) is 0 Å². The summed E-state index contributed by atoms with van der Waals surface area (Å²) in [5.41, 5.74) is 6.40. The van der Waals surface area contributed by atoms with Crippen molar-refractivity contribution in [1.82, 2.24) is 0 Å². The van der Waals surface area contributed by atoms with Gasteiger partial charge in [0.15, 0.2) is 0 Å². The van der Waals surface area contributed by atoms with Crippen molar-refractivity contribution in [2.24, 2.45) is 5.73 Å². The van der Waals surface area contributed by atoms with Gasteiger partial charge in [0.2, 0.25) is 0 Å². The highest BCUT2D eigenvalue weighted by atomic mass is 35.5. The number of hydrogen-bond acceptors (Lipinski definition) is 1. The molecule has 0 saturated carbocycles. The molecule has 1 nitrogen and oxygen atoms in total. The Morgan fingerprint density at radius 2 is 1.92 bits per heavy atom. The van der Waals surface area contributed by atoms with Crippen LogP contribution >= 0.6 is 34.8 Å². The van der Waals surface area contributed by atoms with Crippen LogP contribution in [0.15, 0.2) is 24.8 Å². The average Bonchev–Trinajstić information content (AvgIpc) is 2.10. The quantitative estimate of drug-likeness (QED) is 0.613. The van der Waals surface area contributed by atoms with Crippen LogP contribution in [0.5, 0.6) is 0 Å². The van der Waals surface area contributed by atoms with E-state index in [2.05, 4.69) is 6.58 Å². The van der Waals surface area contributed by atoms with Gasteiger partial charge in [-0.3, -0.25) is 0 Å². The average molecular weight is 237 g/mol. The molecule has 0 radical (unpaired) electrons. The molecule has 1 aromatic rings. The highest BCUT2D eigenvalue weighted by molar-refractivity contribution is 6.43. The standard InChI is InChI=1S/C9H8Cl3N/c1-2-8(13)6-3-5(10)4-7(11)9(6)12/h2-4,8H,1,13H2/t8-/m1/s1. The molecule has 1 aromatic carbocycles. The third-order valence-electron chi connectivity index (χ3n) is 1.63. The van der Waals surface area contributed by atoms with Crippen LogP contribution in [0.3, 0.4) is 0 Å². The second kappa shape index (κ2) is 4.34. The van der Waals surface area contributed by atoms with Crippen LogP contribution in [0.2, 0.25) is 15.1 Å². The molecule has 1 rings (SSSR count). The Morgan fingerprint density at radius 1 is 1.31 bits per heavy atom. The summed E-state index contributed by atoms with van der Waals surface area (Å²) >= 11 is 17.5. The van der Waals surface area contributed by atoms with Crippen molar-refractivity contribution in [2.45, 2.75) is 6.04 Å². The lowest BCUT2D eigenvalue weighted by atomic mass is 10.1. The summed E-state index contributed by atoms with van der Waals surface area (Å²) in [4.78, 5) is 0. The number of rotatable bonds is 2. The van der Waals surface area contributed by atoms with Gasteiger partial charge in [0.1, 0.15) is 0 Å². The van der Waals surface area contributed by atoms with Gasteiger partial charge in [0.05, 0.1) is 10.0 Å². The summed E-state index contributed by atoms with van der Waals surface area (Å²) in [7, 11) is 0. The fourth-order valence-corrected chi connectivity index (χ4v) is 1.69. The molecule has 0 bridgehead atoms. The second-order valence-electron chi connectivity index (χ2n) is 2.55. The highest BCUT2D eigenvalue weighted by Gasteiger charge is 2.10. The van der Waals surface area contributed by atoms with Gasteiger partial charge in [-0.25, -0.2) is 0 Å². The van der Waals surface area contributed by atoms with E-state index in [1.54, 1.807) is 18.2 Å². The molecule has 0 amide bonds. The smallest absolute Gasteiger partial charge is 0.0644 e. The Balaban J connectivity index is 3.27. The van der Waals surface area contributed by atoms with Crippen LogP contribution in [0.1, 0.15) is 11.6 Å². The van der Waals surface area contributed by atoms with Gasteiger partial charge in [0.25, 0.3) is 0 Å². The molecule has 1 atom stereocenters. The molecule has 0 aliphatic carbocycles. The summed E-state index contributed by atoms with van der Waals surface area (Å²) in [6, 6.07) is 2.91. The number of benzene rings is 1. The molecular formula is C9H8Cl3N. The SMILES string of the molecule is C=C[C@@H](N)c1cc(Cl)cc(Cl)c1Cl. The van der Waals surface area contributed by atoms with Gasteiger partial charge in [-0.15, -0.1) is 6.58 Å². The van der Waals surface area contributed by atoms with E-state index in [1.165, 1.54) is 0 Å². The second-order valence-corrected chi connectivity index (χ2v) is 3.77. The van der Waals surface area contributed by atoms with Gasteiger partial charge in [0, 0.05) is 11.1 Å². The van der Waals surface area contributed by atoms with Crippen LogP contribution < -0.4 is 5.73 Å². The maximum absolute atomic E-state index is 5.92.